The van der Waals surface area contributed by atoms with Crippen molar-refractivity contribution in [2.45, 2.75) is 66.2 Å². The van der Waals surface area contributed by atoms with Crippen LogP contribution < -0.4 is 0 Å². The lowest BCUT2D eigenvalue weighted by Crippen LogP contribution is -2.17. The van der Waals surface area contributed by atoms with Crippen LogP contribution in [0.15, 0.2) is 11.6 Å². The molecule has 0 saturated carbocycles. The number of hydrogen-bond donors (Lipinski definition) is 0. The van der Waals surface area contributed by atoms with Crippen molar-refractivity contribution in [3.63, 3.8) is 0 Å². The van der Waals surface area contributed by atoms with E-state index in [1.54, 1.807) is 0 Å². The molecule has 0 aromatic heterocycles. The van der Waals surface area contributed by atoms with Crippen molar-refractivity contribution in [2.24, 2.45) is 5.92 Å². The number of hydrogen-bond acceptors (Lipinski definition) is 2. The van der Waals surface area contributed by atoms with Crippen LogP contribution in [-0.4, -0.2) is 12.6 Å². The van der Waals surface area contributed by atoms with Crippen molar-refractivity contribution in [2.75, 3.05) is 6.61 Å². The van der Waals surface area contributed by atoms with Crippen molar-refractivity contribution < 1.29 is 9.53 Å². The van der Waals surface area contributed by atoms with Gasteiger partial charge in [0.25, 0.3) is 0 Å². The van der Waals surface area contributed by atoms with Crippen molar-refractivity contribution in [3.05, 3.63) is 11.6 Å². The molecule has 0 bridgehead atoms. The molecule has 17 heavy (non-hydrogen) atoms. The minimum atomic E-state index is -0.0264. The Balaban J connectivity index is 4.10. The first kappa shape index (κ1) is 16.2. The molecule has 100 valence electrons. The molecular formula is C15H28O2. The van der Waals surface area contributed by atoms with Gasteiger partial charge in [0.1, 0.15) is 0 Å². The fourth-order valence-electron chi connectivity index (χ4n) is 1.79. The van der Waals surface area contributed by atoms with Crippen LogP contribution in [0.25, 0.3) is 0 Å². The van der Waals surface area contributed by atoms with Gasteiger partial charge in [0.05, 0.1) is 12.5 Å². The molecule has 0 saturated heterocycles. The zero-order valence-electron chi connectivity index (χ0n) is 11.9. The van der Waals surface area contributed by atoms with Gasteiger partial charge in [-0.15, -0.1) is 0 Å². The molecule has 0 spiro atoms. The molecule has 0 heterocycles. The van der Waals surface area contributed by atoms with Gasteiger partial charge < -0.3 is 4.74 Å². The maximum absolute atomic E-state index is 11.8. The second kappa shape index (κ2) is 10.4. The third kappa shape index (κ3) is 8.96. The molecular weight excluding hydrogens is 212 g/mol. The number of ether oxygens (including phenoxy) is 1. The maximum atomic E-state index is 11.8. The molecule has 2 nitrogen and oxygen atoms in total. The van der Waals surface area contributed by atoms with Gasteiger partial charge in [0, 0.05) is 0 Å². The second-order valence-electron chi connectivity index (χ2n) is 4.82. The number of allylic oxidation sites excluding steroid dienone is 2. The van der Waals surface area contributed by atoms with E-state index in [0.717, 1.165) is 19.3 Å². The summed E-state index contributed by atoms with van der Waals surface area (Å²) in [4.78, 5) is 11.8. The lowest BCUT2D eigenvalue weighted by Gasteiger charge is -2.13. The maximum Gasteiger partial charge on any atom is 0.309 e. The lowest BCUT2D eigenvalue weighted by atomic mass is 9.96. The minimum absolute atomic E-state index is 0.0264. The van der Waals surface area contributed by atoms with Crippen LogP contribution in [0.3, 0.4) is 0 Å². The molecule has 0 aliphatic heterocycles. The number of esters is 1. The first-order chi connectivity index (χ1) is 8.11. The smallest absolute Gasteiger partial charge is 0.309 e. The highest BCUT2D eigenvalue weighted by molar-refractivity contribution is 5.72. The van der Waals surface area contributed by atoms with E-state index >= 15 is 0 Å². The number of rotatable bonds is 9. The summed E-state index contributed by atoms with van der Waals surface area (Å²) in [6, 6.07) is 0. The second-order valence-corrected chi connectivity index (χ2v) is 4.82. The van der Waals surface area contributed by atoms with Crippen molar-refractivity contribution >= 4 is 5.97 Å². The Bertz CT molecular complexity index is 227. The molecule has 0 aromatic carbocycles. The molecule has 1 atom stereocenters. The molecule has 0 aliphatic rings. The zero-order valence-corrected chi connectivity index (χ0v) is 11.9. The van der Waals surface area contributed by atoms with Crippen molar-refractivity contribution in [1.29, 1.82) is 0 Å². The van der Waals surface area contributed by atoms with E-state index in [2.05, 4.69) is 26.8 Å². The van der Waals surface area contributed by atoms with Gasteiger partial charge in [-0.1, -0.05) is 44.3 Å². The monoisotopic (exact) mass is 240 g/mol. The quantitative estimate of drug-likeness (QED) is 0.337. The van der Waals surface area contributed by atoms with Gasteiger partial charge >= 0.3 is 5.97 Å². The van der Waals surface area contributed by atoms with E-state index in [1.165, 1.54) is 24.8 Å². The highest BCUT2D eigenvalue weighted by Gasteiger charge is 2.17. The molecule has 0 aromatic rings. The van der Waals surface area contributed by atoms with E-state index in [9.17, 15) is 4.79 Å². The Morgan fingerprint density at radius 1 is 1.18 bits per heavy atom. The van der Waals surface area contributed by atoms with Crippen LogP contribution in [0, 0.1) is 5.92 Å². The van der Waals surface area contributed by atoms with E-state index in [0.29, 0.717) is 6.61 Å². The molecule has 0 rings (SSSR count). The van der Waals surface area contributed by atoms with Crippen LogP contribution in [0.2, 0.25) is 0 Å². The number of carbonyl (C=O) groups is 1. The van der Waals surface area contributed by atoms with Gasteiger partial charge in [-0.3, -0.25) is 4.79 Å². The Kier molecular flexibility index (Phi) is 9.89. The molecule has 1 unspecified atom stereocenters. The van der Waals surface area contributed by atoms with Crippen LogP contribution in [0.1, 0.15) is 66.2 Å². The Hall–Kier alpha value is -0.790. The lowest BCUT2D eigenvalue weighted by molar-refractivity contribution is -0.148. The Morgan fingerprint density at radius 2 is 1.88 bits per heavy atom. The van der Waals surface area contributed by atoms with Gasteiger partial charge in [0.2, 0.25) is 0 Å². The number of unbranched alkanes of at least 4 members (excludes halogenated alkanes) is 3. The standard InChI is InChI=1S/C15H28O2/c1-5-7-8-9-10-14(12-11-13(3)4)15(16)17-6-2/h11,14H,5-10,12H2,1-4H3. The summed E-state index contributed by atoms with van der Waals surface area (Å²) in [7, 11) is 0. The largest absolute Gasteiger partial charge is 0.466 e. The van der Waals surface area contributed by atoms with Gasteiger partial charge in [-0.25, -0.2) is 0 Å². The summed E-state index contributed by atoms with van der Waals surface area (Å²) in [5, 5.41) is 0. The van der Waals surface area contributed by atoms with E-state index in [-0.39, 0.29) is 11.9 Å². The van der Waals surface area contributed by atoms with Crippen LogP contribution >= 0.6 is 0 Å². The third-order valence-electron chi connectivity index (χ3n) is 2.84. The van der Waals surface area contributed by atoms with Gasteiger partial charge in [-0.05, 0) is 33.6 Å². The average molecular weight is 240 g/mol. The fraction of sp³-hybridized carbons (Fsp3) is 0.800. The SMILES string of the molecule is CCCCCCC(CC=C(C)C)C(=O)OCC. The normalized spacial score (nSPS) is 12.0. The van der Waals surface area contributed by atoms with Crippen LogP contribution in [0.4, 0.5) is 0 Å². The van der Waals surface area contributed by atoms with Gasteiger partial charge in [-0.2, -0.15) is 0 Å². The van der Waals surface area contributed by atoms with Crippen LogP contribution in [0.5, 0.6) is 0 Å². The van der Waals surface area contributed by atoms with E-state index in [1.807, 2.05) is 6.92 Å². The average Bonchev–Trinajstić information content (AvgIpc) is 2.28. The molecule has 2 heteroatoms. The number of carbonyl (C=O) groups excluding carboxylic acids is 1. The minimum Gasteiger partial charge on any atom is -0.466 e. The van der Waals surface area contributed by atoms with Crippen LogP contribution in [-0.2, 0) is 9.53 Å². The first-order valence-corrected chi connectivity index (χ1v) is 6.91. The molecule has 0 amide bonds. The molecule has 0 fully saturated rings. The highest BCUT2D eigenvalue weighted by Crippen LogP contribution is 2.17. The highest BCUT2D eigenvalue weighted by atomic mass is 16.5. The molecule has 0 radical (unpaired) electrons. The van der Waals surface area contributed by atoms with Crippen molar-refractivity contribution in [1.82, 2.24) is 0 Å². The summed E-state index contributed by atoms with van der Waals surface area (Å²) in [5.41, 5.74) is 1.27. The van der Waals surface area contributed by atoms with E-state index in [4.69, 9.17) is 4.74 Å². The van der Waals surface area contributed by atoms with Crippen molar-refractivity contribution in [3.8, 4) is 0 Å². The summed E-state index contributed by atoms with van der Waals surface area (Å²) < 4.78 is 5.13. The topological polar surface area (TPSA) is 26.3 Å². The molecule has 0 N–H and O–H groups in total. The fourth-order valence-corrected chi connectivity index (χ4v) is 1.79. The Labute approximate surface area is 106 Å². The predicted molar refractivity (Wildman–Crippen MR) is 72.9 cm³/mol. The summed E-state index contributed by atoms with van der Waals surface area (Å²) in [5.74, 6) is 0.0307. The predicted octanol–water partition coefficient (Wildman–Crippen LogP) is 4.49. The zero-order chi connectivity index (χ0) is 13.1. The third-order valence-corrected chi connectivity index (χ3v) is 2.84. The first-order valence-electron chi connectivity index (χ1n) is 6.91. The molecule has 0 aliphatic carbocycles. The van der Waals surface area contributed by atoms with E-state index < -0.39 is 0 Å². The summed E-state index contributed by atoms with van der Waals surface area (Å²) in [6.07, 6.45) is 8.78. The summed E-state index contributed by atoms with van der Waals surface area (Å²) in [6.45, 7) is 8.69. The Morgan fingerprint density at radius 3 is 2.41 bits per heavy atom. The summed E-state index contributed by atoms with van der Waals surface area (Å²) >= 11 is 0. The van der Waals surface area contributed by atoms with Gasteiger partial charge in [0.15, 0.2) is 0 Å².